The Balaban J connectivity index is 0.000000177. The number of hydrogen-bond acceptors (Lipinski definition) is 15. The molecule has 4 N–H and O–H groups in total. The first-order valence-electron chi connectivity index (χ1n) is 35.4. The van der Waals surface area contributed by atoms with Crippen LogP contribution in [-0.2, 0) is 39.9 Å². The summed E-state index contributed by atoms with van der Waals surface area (Å²) in [5, 5.41) is 27.3. The van der Waals surface area contributed by atoms with E-state index in [1.54, 1.807) is 50.4 Å². The van der Waals surface area contributed by atoms with Crippen molar-refractivity contribution in [1.29, 1.82) is 0 Å². The van der Waals surface area contributed by atoms with Gasteiger partial charge < -0.3 is 45.1 Å². The fourth-order valence-electron chi connectivity index (χ4n) is 14.7. The number of aliphatic carboxylic acids is 1. The zero-order valence-electron chi connectivity index (χ0n) is 61.8. The third-order valence-corrected chi connectivity index (χ3v) is 22.1. The second kappa shape index (κ2) is 32.8. The molecule has 2 aliphatic carbocycles. The molecule has 17 nitrogen and oxygen atoms in total. The minimum Gasteiger partial charge on any atom is -0.480 e. The van der Waals surface area contributed by atoms with Gasteiger partial charge in [0.25, 0.3) is 0 Å². The average Bonchev–Trinajstić information content (AvgIpc) is 1.62. The standard InChI is InChI=1S/C40H44N4O4S.C21H23NO4.C19H23N3OS.C3H4.C2H2/c1-24-19-34(33-20-40(6,48-43-33)27-17-15-26(16-18-27)35-25(2)41-23-49-35)44(21-24)37(45)36(39(3,4)5)42-38(46)47-22-32-30-13-9-7-11-28(30)29-12-8-10-14-31(29)32;1-21(2,3)18(19(23)24)22-20(25)26-12-17-15-10-6-4-8-13(15)14-9-5-7-11-16(14)17;1-12-8-16(20-10-12)17-9-19(3,23-22-17)15-6-4-14(5-7-15)18-13(2)21-11-24-18;1-3-2;1-2/h7-18,23-24,32,34,36H,19-22H2,1-6H3,(H,42,46);4-11,17-18H,12H2,1-3H3,(H,22,25)(H,23,24);4-7,11-12,16,20H,8-10H2,1-3H3;1H,2H3;1-2H/t24-,34+,36-,40?;18-;12-,16+,19?;;/m111../s1. The number of carbonyl (C=O) groups is 4. The number of nitrogens with zero attached hydrogens (tertiary/aromatic N) is 5. The zero-order chi connectivity index (χ0) is 74.8. The lowest BCUT2D eigenvalue weighted by Crippen LogP contribution is -2.56. The number of ether oxygens (including phenoxy) is 2. The maximum absolute atomic E-state index is 14.4. The number of carboxylic acids is 1. The second-order valence-electron chi connectivity index (χ2n) is 30.2. The number of aryl methyl sites for hydroxylation is 2. The number of likely N-dealkylation sites (tertiary alicyclic amines) is 1. The molecule has 104 heavy (non-hydrogen) atoms. The third-order valence-electron chi connectivity index (χ3n) is 20.1. The van der Waals surface area contributed by atoms with Crippen LogP contribution in [0.25, 0.3) is 43.1 Å². The Morgan fingerprint density at radius 3 is 1.37 bits per heavy atom. The fourth-order valence-corrected chi connectivity index (χ4v) is 16.3. The lowest BCUT2D eigenvalue weighted by Gasteiger charge is -2.35. The van der Waals surface area contributed by atoms with Gasteiger partial charge in [-0.3, -0.25) is 4.79 Å². The number of oxime groups is 2. The van der Waals surface area contributed by atoms with E-state index < -0.39 is 46.7 Å². The van der Waals surface area contributed by atoms with Crippen molar-refractivity contribution >= 4 is 58.2 Å². The summed E-state index contributed by atoms with van der Waals surface area (Å²) in [6, 6.07) is 48.1. The number of alkyl carbamates (subject to hydrolysis) is 2. The largest absolute Gasteiger partial charge is 0.480 e. The highest BCUT2D eigenvalue weighted by Crippen LogP contribution is 2.47. The highest BCUT2D eigenvalue weighted by atomic mass is 32.1. The Bertz CT molecular complexity index is 4410. The molecule has 2 saturated heterocycles. The molecule has 542 valence electrons. The van der Waals surface area contributed by atoms with Crippen molar-refractivity contribution in [3.63, 3.8) is 0 Å². The van der Waals surface area contributed by atoms with Crippen molar-refractivity contribution in [2.45, 2.75) is 163 Å². The maximum atomic E-state index is 14.4. The molecule has 6 heterocycles. The molecule has 4 aliphatic heterocycles. The van der Waals surface area contributed by atoms with Crippen LogP contribution in [0.4, 0.5) is 9.59 Å². The number of thiazole rings is 2. The lowest BCUT2D eigenvalue weighted by atomic mass is 9.85. The van der Waals surface area contributed by atoms with Gasteiger partial charge in [-0.15, -0.1) is 47.9 Å². The van der Waals surface area contributed by atoms with Crippen LogP contribution in [-0.4, -0.2) is 106 Å². The van der Waals surface area contributed by atoms with E-state index in [-0.39, 0.29) is 48.5 Å². The molecule has 14 rings (SSSR count). The van der Waals surface area contributed by atoms with E-state index in [1.807, 2.05) is 104 Å². The number of carbonyl (C=O) groups excluding carboxylic acids is 3. The summed E-state index contributed by atoms with van der Waals surface area (Å²) in [7, 11) is 0. The number of benzene rings is 6. The number of hydrogen-bond donors (Lipinski definition) is 4. The molecule has 2 fully saturated rings. The van der Waals surface area contributed by atoms with Crippen LogP contribution < -0.4 is 16.0 Å². The Hall–Kier alpha value is -9.92. The van der Waals surface area contributed by atoms with Gasteiger partial charge in [-0.2, -0.15) is 0 Å². The van der Waals surface area contributed by atoms with E-state index in [0.717, 1.165) is 98.0 Å². The Labute approximate surface area is 620 Å². The topological polar surface area (TPSA) is 215 Å². The molecule has 2 aromatic heterocycles. The van der Waals surface area contributed by atoms with E-state index in [2.05, 4.69) is 181 Å². The van der Waals surface area contributed by atoms with E-state index in [1.165, 1.54) is 27.1 Å². The number of aromatic nitrogens is 2. The maximum Gasteiger partial charge on any atom is 0.407 e. The van der Waals surface area contributed by atoms with Gasteiger partial charge in [0.2, 0.25) is 5.91 Å². The van der Waals surface area contributed by atoms with Crippen LogP contribution in [0.3, 0.4) is 0 Å². The Morgan fingerprint density at radius 1 is 0.615 bits per heavy atom. The monoisotopic (exact) mass is 1440 g/mol. The summed E-state index contributed by atoms with van der Waals surface area (Å²) in [5.41, 5.74) is 19.4. The summed E-state index contributed by atoms with van der Waals surface area (Å²) in [4.78, 5) is 76.4. The second-order valence-corrected chi connectivity index (χ2v) is 31.9. The van der Waals surface area contributed by atoms with E-state index in [4.69, 9.17) is 19.1 Å². The molecule has 2 unspecified atom stereocenters. The summed E-state index contributed by atoms with van der Waals surface area (Å²) in [6.07, 6.45) is 14.7. The highest BCUT2D eigenvalue weighted by Gasteiger charge is 2.48. The number of rotatable bonds is 14. The molecular weight excluding hydrogens is 1340 g/mol. The molecular formula is C85H96N8O9S2. The van der Waals surface area contributed by atoms with E-state index in [9.17, 15) is 24.3 Å². The van der Waals surface area contributed by atoms with E-state index >= 15 is 0 Å². The SMILES string of the molecule is C#C.C#CC.CC(C)(C)[C@H](NC(=O)OCC1c2ccccc2-c2ccccc21)C(=O)O.Cc1ncsc1-c1ccc(C2(C)CC([C@@H]3C[C@@H](C)CN3)=NO2)cc1.Cc1ncsc1-c1ccc(C2(C)CC([C@@H]3C[C@@H](C)CN3C(=O)[C@@H](NC(=O)OCC3c4ccccc4-c4ccccc43)C(C)(C)C)=NO2)cc1. The summed E-state index contributed by atoms with van der Waals surface area (Å²) in [6.45, 7) is 27.5. The molecule has 0 saturated carbocycles. The van der Waals surface area contributed by atoms with Gasteiger partial charge in [-0.1, -0.05) is 211 Å². The van der Waals surface area contributed by atoms with Crippen molar-refractivity contribution < 1.29 is 43.4 Å². The Morgan fingerprint density at radius 2 is 1.00 bits per heavy atom. The van der Waals surface area contributed by atoms with Gasteiger partial charge in [0.05, 0.1) is 49.6 Å². The molecule has 8 atom stereocenters. The predicted octanol–water partition coefficient (Wildman–Crippen LogP) is 17.3. The minimum absolute atomic E-state index is 0.0499. The van der Waals surface area contributed by atoms with E-state index in [0.29, 0.717) is 24.9 Å². The molecule has 8 aromatic rings. The van der Waals surface area contributed by atoms with Crippen LogP contribution in [0.2, 0.25) is 0 Å². The van der Waals surface area contributed by atoms with Crippen molar-refractivity contribution in [2.24, 2.45) is 33.0 Å². The number of fused-ring (bicyclic) bond motifs is 6. The van der Waals surface area contributed by atoms with Crippen molar-refractivity contribution in [2.75, 3.05) is 26.3 Å². The molecule has 0 spiro atoms. The van der Waals surface area contributed by atoms with Crippen LogP contribution in [0.15, 0.2) is 167 Å². The van der Waals surface area contributed by atoms with Crippen molar-refractivity contribution in [3.8, 4) is 68.3 Å². The van der Waals surface area contributed by atoms with Crippen LogP contribution in [0, 0.1) is 61.7 Å². The zero-order valence-corrected chi connectivity index (χ0v) is 63.4. The minimum atomic E-state index is -1.08. The number of amides is 3. The third kappa shape index (κ3) is 17.1. The normalized spacial score (nSPS) is 21.0. The van der Waals surface area contributed by atoms with Gasteiger partial charge in [-0.05, 0) is 143 Å². The van der Waals surface area contributed by atoms with Crippen LogP contribution in [0.5, 0.6) is 0 Å². The summed E-state index contributed by atoms with van der Waals surface area (Å²) >= 11 is 3.32. The molecule has 6 aromatic carbocycles. The summed E-state index contributed by atoms with van der Waals surface area (Å²) in [5.74, 6) is 1.92. The molecule has 3 amide bonds. The molecule has 19 heteroatoms. The molecule has 0 radical (unpaired) electrons. The Kier molecular flexibility index (Phi) is 24.2. The first kappa shape index (κ1) is 76.7. The lowest BCUT2D eigenvalue weighted by molar-refractivity contribution is -0.142. The number of carboxylic acid groups (broad SMARTS) is 1. The van der Waals surface area contributed by atoms with Crippen molar-refractivity contribution in [3.05, 3.63) is 201 Å². The number of nitrogens with one attached hydrogen (secondary N) is 3. The predicted molar refractivity (Wildman–Crippen MR) is 415 cm³/mol. The van der Waals surface area contributed by atoms with Gasteiger partial charge >= 0.3 is 18.2 Å². The highest BCUT2D eigenvalue weighted by molar-refractivity contribution is 7.13. The fraction of sp³-hybridized carbons (Fsp3) is 0.388. The van der Waals surface area contributed by atoms with Crippen LogP contribution in [0.1, 0.15) is 158 Å². The molecule has 0 bridgehead atoms. The first-order valence-corrected chi connectivity index (χ1v) is 37.2. The smallest absolute Gasteiger partial charge is 0.407 e. The quantitative estimate of drug-likeness (QED) is 0.0748. The van der Waals surface area contributed by atoms with Gasteiger partial charge in [0.1, 0.15) is 25.3 Å². The van der Waals surface area contributed by atoms with Gasteiger partial charge in [0, 0.05) is 37.3 Å². The van der Waals surface area contributed by atoms with Gasteiger partial charge in [-0.25, -0.2) is 24.4 Å². The average molecular weight is 1440 g/mol. The van der Waals surface area contributed by atoms with Crippen molar-refractivity contribution in [1.82, 2.24) is 30.8 Å². The number of terminal acetylenes is 2. The summed E-state index contributed by atoms with van der Waals surface area (Å²) < 4.78 is 11.3. The van der Waals surface area contributed by atoms with Gasteiger partial charge in [0.15, 0.2) is 11.2 Å². The first-order chi connectivity index (χ1) is 49.7. The van der Waals surface area contributed by atoms with Crippen LogP contribution >= 0.6 is 22.7 Å². The molecule has 6 aliphatic rings.